The Kier molecular flexibility index (Phi) is 6.71. The smallest absolute Gasteiger partial charge is 0.277 e. The number of benzene rings is 1. The predicted molar refractivity (Wildman–Crippen MR) is 135 cm³/mol. The normalized spacial score (nSPS) is 20.2. The standard InChI is InChI=1S/C24H27F2N7O2S/c1-35-18-8-10-32(9-7-13(18)11-27)24-17(12-29-33(24)14-5-6-14)30-22(34)20-21(28)36-23(31-20)19-15(25)3-2-4-16(19)26/h2-4,11-14,18,27H,5-10,28H2,1H3,(H,30,34). The van der Waals surface area contributed by atoms with Gasteiger partial charge in [-0.15, -0.1) is 0 Å². The number of amides is 1. The number of nitrogens with zero attached hydrogens (tertiary/aromatic N) is 4. The zero-order valence-electron chi connectivity index (χ0n) is 19.7. The number of nitrogens with one attached hydrogen (secondary N) is 2. The highest BCUT2D eigenvalue weighted by Gasteiger charge is 2.33. The molecule has 0 bridgehead atoms. The lowest BCUT2D eigenvalue weighted by Gasteiger charge is -2.25. The number of anilines is 3. The van der Waals surface area contributed by atoms with Crippen LogP contribution in [0, 0.1) is 23.0 Å². The molecule has 1 saturated heterocycles. The molecule has 12 heteroatoms. The maximum absolute atomic E-state index is 14.3. The van der Waals surface area contributed by atoms with Gasteiger partial charge in [0.1, 0.15) is 27.3 Å². The first-order valence-electron chi connectivity index (χ1n) is 11.8. The first-order valence-corrected chi connectivity index (χ1v) is 12.6. The lowest BCUT2D eigenvalue weighted by molar-refractivity contribution is 0.0739. The number of rotatable bonds is 7. The predicted octanol–water partition coefficient (Wildman–Crippen LogP) is 4.34. The van der Waals surface area contributed by atoms with Crippen molar-refractivity contribution in [2.75, 3.05) is 36.1 Å². The number of ether oxygens (including phenoxy) is 1. The SMILES string of the molecule is COC1CCN(c2c(NC(=O)c3nc(-c4c(F)cccc4F)sc3N)cnn2C2CC2)CCC1C=N. The van der Waals surface area contributed by atoms with E-state index in [0.29, 0.717) is 18.8 Å². The number of thiazole rings is 1. The van der Waals surface area contributed by atoms with Gasteiger partial charge in [0, 0.05) is 32.3 Å². The molecule has 0 spiro atoms. The molecule has 190 valence electrons. The fourth-order valence-corrected chi connectivity index (χ4v) is 5.50. The molecule has 1 aliphatic carbocycles. The summed E-state index contributed by atoms with van der Waals surface area (Å²) >= 11 is 0.855. The molecule has 0 radical (unpaired) electrons. The molecule has 2 aliphatic rings. The van der Waals surface area contributed by atoms with Crippen molar-refractivity contribution < 1.29 is 18.3 Å². The highest BCUT2D eigenvalue weighted by molar-refractivity contribution is 7.19. The molecule has 1 aliphatic heterocycles. The molecule has 1 aromatic carbocycles. The molecular formula is C24H27F2N7O2S. The highest BCUT2D eigenvalue weighted by atomic mass is 32.1. The number of nitrogen functional groups attached to an aromatic ring is 1. The summed E-state index contributed by atoms with van der Waals surface area (Å²) in [5.41, 5.74) is 6.15. The fraction of sp³-hybridized carbons (Fsp3) is 0.417. The van der Waals surface area contributed by atoms with Gasteiger partial charge in [0.05, 0.1) is 23.9 Å². The van der Waals surface area contributed by atoms with Crippen LogP contribution in [0.2, 0.25) is 0 Å². The topological polar surface area (TPSA) is 122 Å². The highest BCUT2D eigenvalue weighted by Crippen LogP contribution is 2.41. The minimum Gasteiger partial charge on any atom is -0.389 e. The largest absolute Gasteiger partial charge is 0.389 e. The molecule has 9 nitrogen and oxygen atoms in total. The number of hydrogen-bond acceptors (Lipinski definition) is 8. The summed E-state index contributed by atoms with van der Waals surface area (Å²) < 4.78 is 36.1. The van der Waals surface area contributed by atoms with Gasteiger partial charge in [0.2, 0.25) is 0 Å². The average molecular weight is 516 g/mol. The molecule has 2 unspecified atom stereocenters. The Morgan fingerprint density at radius 1 is 1.25 bits per heavy atom. The van der Waals surface area contributed by atoms with Gasteiger partial charge in [-0.2, -0.15) is 5.10 Å². The van der Waals surface area contributed by atoms with Crippen molar-refractivity contribution in [1.29, 1.82) is 5.41 Å². The Morgan fingerprint density at radius 2 is 1.97 bits per heavy atom. The van der Waals surface area contributed by atoms with Crippen molar-refractivity contribution in [2.45, 2.75) is 37.8 Å². The van der Waals surface area contributed by atoms with Crippen LogP contribution >= 0.6 is 11.3 Å². The molecule has 2 aromatic heterocycles. The summed E-state index contributed by atoms with van der Waals surface area (Å²) in [5, 5.41) is 15.2. The van der Waals surface area contributed by atoms with E-state index in [1.54, 1.807) is 13.3 Å². The molecule has 36 heavy (non-hydrogen) atoms. The van der Waals surface area contributed by atoms with E-state index in [4.69, 9.17) is 15.9 Å². The second-order valence-electron chi connectivity index (χ2n) is 9.01. The molecule has 1 amide bonds. The van der Waals surface area contributed by atoms with Gasteiger partial charge in [0.15, 0.2) is 11.5 Å². The van der Waals surface area contributed by atoms with Crippen LogP contribution in [0.4, 0.5) is 25.3 Å². The third-order valence-corrected chi connectivity index (χ3v) is 7.57. The second-order valence-corrected chi connectivity index (χ2v) is 10.0. The van der Waals surface area contributed by atoms with Gasteiger partial charge in [-0.1, -0.05) is 17.4 Å². The molecule has 1 saturated carbocycles. The summed E-state index contributed by atoms with van der Waals surface area (Å²) in [4.78, 5) is 19.5. The Labute approximate surface area is 210 Å². The maximum Gasteiger partial charge on any atom is 0.277 e. The summed E-state index contributed by atoms with van der Waals surface area (Å²) in [6.07, 6.45) is 6.50. The zero-order valence-corrected chi connectivity index (χ0v) is 20.5. The van der Waals surface area contributed by atoms with E-state index in [0.717, 1.165) is 55.0 Å². The Morgan fingerprint density at radius 3 is 2.64 bits per heavy atom. The summed E-state index contributed by atoms with van der Waals surface area (Å²) in [7, 11) is 1.66. The van der Waals surface area contributed by atoms with E-state index >= 15 is 0 Å². The number of halogens is 2. The van der Waals surface area contributed by atoms with Crippen LogP contribution in [0.25, 0.3) is 10.6 Å². The van der Waals surface area contributed by atoms with Crippen LogP contribution in [0.5, 0.6) is 0 Å². The molecule has 3 aromatic rings. The van der Waals surface area contributed by atoms with E-state index in [1.807, 2.05) is 4.68 Å². The number of nitrogens with two attached hydrogens (primary N) is 1. The number of aromatic nitrogens is 3. The van der Waals surface area contributed by atoms with Crippen molar-refractivity contribution in [2.24, 2.45) is 5.92 Å². The second kappa shape index (κ2) is 9.94. The number of carbonyl (C=O) groups is 1. The molecular weight excluding hydrogens is 488 g/mol. The van der Waals surface area contributed by atoms with Crippen LogP contribution < -0.4 is 16.0 Å². The lowest BCUT2D eigenvalue weighted by atomic mass is 9.99. The molecule has 4 N–H and O–H groups in total. The van der Waals surface area contributed by atoms with Gasteiger partial charge in [0.25, 0.3) is 5.91 Å². The van der Waals surface area contributed by atoms with E-state index in [9.17, 15) is 13.6 Å². The quantitative estimate of drug-likeness (QED) is 0.403. The number of carbonyl (C=O) groups excluding carboxylic acids is 1. The van der Waals surface area contributed by atoms with Crippen LogP contribution in [0.15, 0.2) is 24.4 Å². The molecule has 3 heterocycles. The fourth-order valence-electron chi connectivity index (χ4n) is 4.63. The van der Waals surface area contributed by atoms with Gasteiger partial charge in [-0.25, -0.2) is 18.4 Å². The van der Waals surface area contributed by atoms with E-state index < -0.39 is 17.5 Å². The Hall–Kier alpha value is -3.38. The Balaban J connectivity index is 1.42. The van der Waals surface area contributed by atoms with Crippen molar-refractivity contribution in [1.82, 2.24) is 14.8 Å². The first kappa shape index (κ1) is 24.3. The third-order valence-electron chi connectivity index (χ3n) is 6.66. The van der Waals surface area contributed by atoms with Gasteiger partial charge >= 0.3 is 0 Å². The number of hydrogen-bond donors (Lipinski definition) is 3. The van der Waals surface area contributed by atoms with Crippen molar-refractivity contribution in [3.63, 3.8) is 0 Å². The maximum atomic E-state index is 14.3. The first-order chi connectivity index (χ1) is 17.4. The number of methoxy groups -OCH3 is 1. The molecule has 2 fully saturated rings. The molecule has 2 atom stereocenters. The summed E-state index contributed by atoms with van der Waals surface area (Å²) in [5.74, 6) is -1.32. The van der Waals surface area contributed by atoms with Gasteiger partial charge < -0.3 is 26.1 Å². The minimum atomic E-state index is -0.776. The van der Waals surface area contributed by atoms with Crippen LogP contribution in [0.3, 0.4) is 0 Å². The lowest BCUT2D eigenvalue weighted by Crippen LogP contribution is -2.28. The van der Waals surface area contributed by atoms with Crippen molar-refractivity contribution in [3.05, 3.63) is 41.7 Å². The molecule has 5 rings (SSSR count). The van der Waals surface area contributed by atoms with E-state index in [-0.39, 0.29) is 39.3 Å². The summed E-state index contributed by atoms with van der Waals surface area (Å²) in [6.45, 7) is 1.36. The zero-order chi connectivity index (χ0) is 25.4. The third kappa shape index (κ3) is 4.58. The average Bonchev–Trinajstić information content (AvgIpc) is 3.56. The van der Waals surface area contributed by atoms with Gasteiger partial charge in [-0.05, 0) is 37.8 Å². The summed E-state index contributed by atoms with van der Waals surface area (Å²) in [6, 6.07) is 3.80. The van der Waals surface area contributed by atoms with Crippen LogP contribution in [-0.2, 0) is 4.74 Å². The van der Waals surface area contributed by atoms with Crippen molar-refractivity contribution in [3.8, 4) is 10.6 Å². The minimum absolute atomic E-state index is 0.00189. The van der Waals surface area contributed by atoms with Crippen LogP contribution in [-0.4, -0.2) is 53.2 Å². The van der Waals surface area contributed by atoms with Crippen LogP contribution in [0.1, 0.15) is 42.2 Å². The van der Waals surface area contributed by atoms with E-state index in [2.05, 4.69) is 20.3 Å². The monoisotopic (exact) mass is 515 g/mol. The van der Waals surface area contributed by atoms with Crippen molar-refractivity contribution >= 4 is 40.0 Å². The Bertz CT molecular complexity index is 1270. The van der Waals surface area contributed by atoms with Gasteiger partial charge in [-0.3, -0.25) is 4.79 Å². The van der Waals surface area contributed by atoms with E-state index in [1.165, 1.54) is 12.3 Å².